The van der Waals surface area contributed by atoms with Gasteiger partial charge in [-0.2, -0.15) is 0 Å². The largest absolute Gasteiger partial charge is 0.388 e. The molecule has 1 atom stereocenters. The number of rotatable bonds is 5. The van der Waals surface area contributed by atoms with Crippen LogP contribution in [-0.2, 0) is 4.79 Å². The number of nitrogens with zero attached hydrogens (tertiary/aromatic N) is 2. The van der Waals surface area contributed by atoms with Gasteiger partial charge in [0.1, 0.15) is 0 Å². The molecule has 1 rings (SSSR count). The molecule has 0 bridgehead atoms. The van der Waals surface area contributed by atoms with Crippen molar-refractivity contribution in [2.24, 2.45) is 5.73 Å². The molecule has 0 aliphatic carbocycles. The number of anilines is 1. The van der Waals surface area contributed by atoms with Crippen LogP contribution in [0.3, 0.4) is 0 Å². The van der Waals surface area contributed by atoms with Crippen LogP contribution < -0.4 is 10.6 Å². The Hall–Kier alpha value is -1.67. The Morgan fingerprint density at radius 1 is 1.76 bits per heavy atom. The summed E-state index contributed by atoms with van der Waals surface area (Å²) in [4.78, 5) is 22.9. The van der Waals surface area contributed by atoms with Crippen LogP contribution in [0.4, 0.5) is 10.7 Å². The maximum Gasteiger partial charge on any atom is 0.304 e. The summed E-state index contributed by atoms with van der Waals surface area (Å²) in [5.74, 6) is -0.575. The normalized spacial score (nSPS) is 12.2. The van der Waals surface area contributed by atoms with Crippen molar-refractivity contribution in [2.45, 2.75) is 13.0 Å². The number of hydrogen-bond donors (Lipinski definition) is 2. The molecule has 1 aromatic heterocycles. The van der Waals surface area contributed by atoms with E-state index in [0.717, 1.165) is 11.3 Å². The zero-order chi connectivity index (χ0) is 13.2. The van der Waals surface area contributed by atoms with Crippen molar-refractivity contribution in [3.05, 3.63) is 21.1 Å². The first kappa shape index (κ1) is 13.4. The lowest BCUT2D eigenvalue weighted by Crippen LogP contribution is -2.30. The summed E-state index contributed by atoms with van der Waals surface area (Å²) in [5.41, 5.74) is 4.90. The first-order chi connectivity index (χ1) is 7.82. The van der Waals surface area contributed by atoms with Gasteiger partial charge in [-0.1, -0.05) is 0 Å². The van der Waals surface area contributed by atoms with Crippen molar-refractivity contribution in [1.29, 1.82) is 0 Å². The number of carbonyl (C=O) groups excluding carboxylic acids is 1. The van der Waals surface area contributed by atoms with E-state index in [9.17, 15) is 20.0 Å². The molecule has 0 saturated carbocycles. The molecule has 7 nitrogen and oxygen atoms in total. The predicted octanol–water partition coefficient (Wildman–Crippen LogP) is 0.631. The van der Waals surface area contributed by atoms with Crippen LogP contribution in [0.25, 0.3) is 0 Å². The van der Waals surface area contributed by atoms with E-state index in [1.807, 2.05) is 0 Å². The van der Waals surface area contributed by atoms with Gasteiger partial charge in [0.2, 0.25) is 5.91 Å². The highest BCUT2D eigenvalue weighted by atomic mass is 32.1. The number of amides is 1. The molecule has 1 amide bonds. The molecule has 17 heavy (non-hydrogen) atoms. The van der Waals surface area contributed by atoms with Crippen molar-refractivity contribution < 1.29 is 14.8 Å². The number of likely N-dealkylation sites (N-methyl/N-ethyl adjacent to an activating group) is 1. The summed E-state index contributed by atoms with van der Waals surface area (Å²) in [6.45, 7) is 1.41. The van der Waals surface area contributed by atoms with E-state index in [1.54, 1.807) is 0 Å². The van der Waals surface area contributed by atoms with Crippen LogP contribution in [0.2, 0.25) is 0 Å². The molecule has 0 saturated heterocycles. The average molecular weight is 259 g/mol. The molecule has 0 aliphatic rings. The summed E-state index contributed by atoms with van der Waals surface area (Å²) >= 11 is 1.07. The fourth-order valence-electron chi connectivity index (χ4n) is 1.31. The molecule has 1 heterocycles. The number of carbonyl (C=O) groups is 1. The molecule has 8 heteroatoms. The Morgan fingerprint density at radius 3 is 2.76 bits per heavy atom. The van der Waals surface area contributed by atoms with Crippen LogP contribution in [0.15, 0.2) is 6.07 Å². The van der Waals surface area contributed by atoms with Crippen LogP contribution in [-0.4, -0.2) is 29.5 Å². The van der Waals surface area contributed by atoms with Gasteiger partial charge in [-0.3, -0.25) is 14.9 Å². The smallest absolute Gasteiger partial charge is 0.304 e. The topological polar surface area (TPSA) is 110 Å². The second-order valence-corrected chi connectivity index (χ2v) is 4.66. The van der Waals surface area contributed by atoms with E-state index in [-0.39, 0.29) is 12.2 Å². The van der Waals surface area contributed by atoms with Gasteiger partial charge in [0.15, 0.2) is 5.00 Å². The molecule has 0 aromatic carbocycles. The molecule has 94 valence electrons. The number of thiophene rings is 1. The molecule has 0 radical (unpaired) electrons. The third-order valence-electron chi connectivity index (χ3n) is 2.06. The maximum absolute atomic E-state index is 10.8. The van der Waals surface area contributed by atoms with E-state index >= 15 is 0 Å². The van der Waals surface area contributed by atoms with Gasteiger partial charge in [0.05, 0.1) is 17.6 Å². The van der Waals surface area contributed by atoms with E-state index in [0.29, 0.717) is 9.88 Å². The van der Waals surface area contributed by atoms with E-state index in [2.05, 4.69) is 0 Å². The molecule has 0 aliphatic heterocycles. The van der Waals surface area contributed by atoms with Crippen molar-refractivity contribution in [3.63, 3.8) is 0 Å². The first-order valence-corrected chi connectivity index (χ1v) is 5.60. The number of nitro groups is 1. The summed E-state index contributed by atoms with van der Waals surface area (Å²) in [5, 5.41) is 20.5. The summed E-state index contributed by atoms with van der Waals surface area (Å²) in [6.07, 6.45) is -0.783. The lowest BCUT2D eigenvalue weighted by atomic mass is 10.3. The minimum Gasteiger partial charge on any atom is -0.388 e. The minimum absolute atomic E-state index is 0.111. The Kier molecular flexibility index (Phi) is 4.02. The lowest BCUT2D eigenvalue weighted by molar-refractivity contribution is -0.383. The van der Waals surface area contributed by atoms with Gasteiger partial charge in [0.25, 0.3) is 0 Å². The Balaban J connectivity index is 3.11. The number of hydrogen-bond acceptors (Lipinski definition) is 6. The third-order valence-corrected chi connectivity index (χ3v) is 3.47. The SMILES string of the molecule is C[C@@H](O)c1cc([N+](=O)[O-])c(N(C)CC(N)=O)s1. The lowest BCUT2D eigenvalue weighted by Gasteiger charge is -2.13. The molecule has 1 aromatic rings. The van der Waals surface area contributed by atoms with Crippen molar-refractivity contribution in [2.75, 3.05) is 18.5 Å². The summed E-state index contributed by atoms with van der Waals surface area (Å²) < 4.78 is 0. The van der Waals surface area contributed by atoms with Crippen LogP contribution >= 0.6 is 11.3 Å². The molecule has 0 spiro atoms. The molecule has 3 N–H and O–H groups in total. The average Bonchev–Trinajstić information content (AvgIpc) is 2.60. The monoisotopic (exact) mass is 259 g/mol. The second-order valence-electron chi connectivity index (χ2n) is 3.59. The highest BCUT2D eigenvalue weighted by Crippen LogP contribution is 2.39. The quantitative estimate of drug-likeness (QED) is 0.595. The molecular weight excluding hydrogens is 246 g/mol. The van der Waals surface area contributed by atoms with E-state index in [1.165, 1.54) is 24.9 Å². The number of aliphatic hydroxyl groups is 1. The maximum atomic E-state index is 10.8. The van der Waals surface area contributed by atoms with E-state index < -0.39 is 16.9 Å². The van der Waals surface area contributed by atoms with Crippen molar-refractivity contribution >= 4 is 27.9 Å². The Morgan fingerprint density at radius 2 is 2.35 bits per heavy atom. The number of nitrogens with two attached hydrogens (primary N) is 1. The minimum atomic E-state index is -0.783. The van der Waals surface area contributed by atoms with Crippen LogP contribution in [0, 0.1) is 10.1 Å². The third kappa shape index (κ3) is 3.14. The van der Waals surface area contributed by atoms with Gasteiger partial charge in [0, 0.05) is 18.0 Å². The first-order valence-electron chi connectivity index (χ1n) is 4.78. The predicted molar refractivity (Wildman–Crippen MR) is 64.1 cm³/mol. The Bertz CT molecular complexity index is 443. The number of primary amides is 1. The zero-order valence-corrected chi connectivity index (χ0v) is 10.2. The molecule has 0 fully saturated rings. The van der Waals surface area contributed by atoms with Gasteiger partial charge >= 0.3 is 5.69 Å². The van der Waals surface area contributed by atoms with Crippen molar-refractivity contribution in [1.82, 2.24) is 0 Å². The summed E-state index contributed by atoms with van der Waals surface area (Å²) in [6, 6.07) is 1.31. The van der Waals surface area contributed by atoms with Crippen LogP contribution in [0.5, 0.6) is 0 Å². The standard InChI is InChI=1S/C9H13N3O4S/c1-5(13)7-3-6(12(15)16)9(17-7)11(2)4-8(10)14/h3,5,13H,4H2,1-2H3,(H2,10,14)/t5-/m1/s1. The fourth-order valence-corrected chi connectivity index (χ4v) is 2.33. The van der Waals surface area contributed by atoms with Gasteiger partial charge < -0.3 is 15.7 Å². The van der Waals surface area contributed by atoms with E-state index in [4.69, 9.17) is 5.73 Å². The van der Waals surface area contributed by atoms with Crippen LogP contribution in [0.1, 0.15) is 17.9 Å². The van der Waals surface area contributed by atoms with Gasteiger partial charge in [-0.15, -0.1) is 11.3 Å². The van der Waals surface area contributed by atoms with Gasteiger partial charge in [-0.05, 0) is 6.92 Å². The molecular formula is C9H13N3O4S. The van der Waals surface area contributed by atoms with Crippen molar-refractivity contribution in [3.8, 4) is 0 Å². The molecule has 0 unspecified atom stereocenters. The zero-order valence-electron chi connectivity index (χ0n) is 9.41. The summed E-state index contributed by atoms with van der Waals surface area (Å²) in [7, 11) is 1.54. The second kappa shape index (κ2) is 5.11. The Labute approximate surface area is 102 Å². The highest BCUT2D eigenvalue weighted by molar-refractivity contribution is 7.16. The van der Waals surface area contributed by atoms with Gasteiger partial charge in [-0.25, -0.2) is 0 Å². The fraction of sp³-hybridized carbons (Fsp3) is 0.444. The highest BCUT2D eigenvalue weighted by Gasteiger charge is 2.24. The number of aliphatic hydroxyl groups excluding tert-OH is 1.